The molecular formula is C20H19ClN4O3S. The van der Waals surface area contributed by atoms with Gasteiger partial charge >= 0.3 is 0 Å². The predicted molar refractivity (Wildman–Crippen MR) is 115 cm³/mol. The van der Waals surface area contributed by atoms with Crippen LogP contribution in [0.5, 0.6) is 0 Å². The number of rotatable bonds is 4. The third-order valence-corrected chi connectivity index (χ3v) is 6.67. The van der Waals surface area contributed by atoms with Crippen LogP contribution in [0.25, 0.3) is 10.2 Å². The van der Waals surface area contributed by atoms with Crippen molar-refractivity contribution in [3.8, 4) is 0 Å². The first-order chi connectivity index (χ1) is 13.9. The van der Waals surface area contributed by atoms with Gasteiger partial charge in [-0.2, -0.15) is 0 Å². The summed E-state index contributed by atoms with van der Waals surface area (Å²) < 4.78 is 0.998. The minimum atomic E-state index is -0.443. The molecule has 0 N–H and O–H groups in total. The number of hydrogen-bond acceptors (Lipinski definition) is 6. The first kappa shape index (κ1) is 19.6. The third-order valence-electron chi connectivity index (χ3n) is 5.09. The summed E-state index contributed by atoms with van der Waals surface area (Å²) in [7, 11) is 0. The summed E-state index contributed by atoms with van der Waals surface area (Å²) in [6.45, 7) is 4.69. The van der Waals surface area contributed by atoms with Crippen molar-refractivity contribution in [1.29, 1.82) is 0 Å². The van der Waals surface area contributed by atoms with Crippen molar-refractivity contribution in [2.24, 2.45) is 0 Å². The van der Waals surface area contributed by atoms with Crippen LogP contribution < -0.4 is 4.90 Å². The second kappa shape index (κ2) is 7.96. The zero-order chi connectivity index (χ0) is 20.5. The van der Waals surface area contributed by atoms with E-state index >= 15 is 0 Å². The number of fused-ring (bicyclic) bond motifs is 1. The number of amides is 1. The van der Waals surface area contributed by atoms with Crippen molar-refractivity contribution in [2.75, 3.05) is 31.1 Å². The maximum Gasteiger partial charge on any atom is 0.269 e. The Morgan fingerprint density at radius 2 is 1.86 bits per heavy atom. The summed E-state index contributed by atoms with van der Waals surface area (Å²) in [5, 5.41) is 12.4. The number of thiazole rings is 1. The first-order valence-corrected chi connectivity index (χ1v) is 10.4. The highest BCUT2D eigenvalue weighted by Crippen LogP contribution is 2.35. The Labute approximate surface area is 176 Å². The highest BCUT2D eigenvalue weighted by atomic mass is 35.5. The summed E-state index contributed by atoms with van der Waals surface area (Å²) in [4.78, 5) is 31.7. The van der Waals surface area contributed by atoms with Crippen molar-refractivity contribution >= 4 is 49.9 Å². The third kappa shape index (κ3) is 4.04. The van der Waals surface area contributed by atoms with Crippen molar-refractivity contribution in [3.05, 3.63) is 62.7 Å². The molecule has 4 rings (SSSR count). The van der Waals surface area contributed by atoms with E-state index in [0.717, 1.165) is 26.5 Å². The van der Waals surface area contributed by atoms with Gasteiger partial charge in [-0.25, -0.2) is 4.98 Å². The summed E-state index contributed by atoms with van der Waals surface area (Å²) in [6, 6.07) is 10.0. The molecule has 1 saturated heterocycles. The highest BCUT2D eigenvalue weighted by molar-refractivity contribution is 7.22. The van der Waals surface area contributed by atoms with Gasteiger partial charge in [-0.3, -0.25) is 14.9 Å². The Hall–Kier alpha value is -2.71. The van der Waals surface area contributed by atoms with Crippen molar-refractivity contribution in [3.63, 3.8) is 0 Å². The maximum absolute atomic E-state index is 12.6. The molecule has 29 heavy (non-hydrogen) atoms. The Morgan fingerprint density at radius 3 is 2.48 bits per heavy atom. The average molecular weight is 431 g/mol. The molecule has 0 atom stereocenters. The highest BCUT2D eigenvalue weighted by Gasteiger charge is 2.24. The van der Waals surface area contributed by atoms with Crippen molar-refractivity contribution < 1.29 is 9.72 Å². The van der Waals surface area contributed by atoms with Gasteiger partial charge < -0.3 is 9.80 Å². The zero-order valence-electron chi connectivity index (χ0n) is 15.8. The van der Waals surface area contributed by atoms with E-state index in [1.54, 1.807) is 23.5 Å². The fourth-order valence-electron chi connectivity index (χ4n) is 3.40. The number of carbonyl (C=O) groups excluding carboxylic acids is 1. The first-order valence-electron chi connectivity index (χ1n) is 9.24. The fraction of sp³-hybridized carbons (Fsp3) is 0.300. The van der Waals surface area contributed by atoms with Gasteiger partial charge in [0.05, 0.1) is 26.6 Å². The van der Waals surface area contributed by atoms with E-state index in [0.29, 0.717) is 31.2 Å². The van der Waals surface area contributed by atoms with Crippen LogP contribution >= 0.6 is 22.9 Å². The quantitative estimate of drug-likeness (QED) is 0.460. The molecule has 0 saturated carbocycles. The van der Waals surface area contributed by atoms with Gasteiger partial charge in [-0.15, -0.1) is 0 Å². The lowest BCUT2D eigenvalue weighted by atomic mass is 10.1. The second-order valence-electron chi connectivity index (χ2n) is 7.01. The number of nitrogens with zero attached hydrogens (tertiary/aromatic N) is 4. The molecule has 1 aliphatic heterocycles. The molecule has 3 aromatic rings. The number of carbonyl (C=O) groups is 1. The molecule has 2 heterocycles. The molecule has 0 spiro atoms. The molecule has 150 valence electrons. The molecule has 0 unspecified atom stereocenters. The van der Waals surface area contributed by atoms with Gasteiger partial charge in [-0.1, -0.05) is 41.1 Å². The van der Waals surface area contributed by atoms with Crippen LogP contribution in [-0.2, 0) is 11.2 Å². The summed E-state index contributed by atoms with van der Waals surface area (Å²) >= 11 is 7.90. The van der Waals surface area contributed by atoms with E-state index in [-0.39, 0.29) is 18.0 Å². The summed E-state index contributed by atoms with van der Waals surface area (Å²) in [6.07, 6.45) is 0.244. The topological polar surface area (TPSA) is 79.6 Å². The second-order valence-corrected chi connectivity index (χ2v) is 8.39. The number of aryl methyl sites for hydroxylation is 1. The standard InChI is InChI=1S/C20H19ClN4O3S/c1-13-2-7-16(21)19-18(13)22-20(29-19)24-10-8-23(9-11-24)17(26)12-14-3-5-15(6-4-14)25(27)28/h2-7H,8-12H2,1H3. The Balaban J connectivity index is 1.39. The van der Waals surface area contributed by atoms with Gasteiger partial charge in [0.25, 0.3) is 5.69 Å². The SMILES string of the molecule is Cc1ccc(Cl)c2sc(N3CCN(C(=O)Cc4ccc([N+](=O)[O-])cc4)CC3)nc12. The molecule has 7 nitrogen and oxygen atoms in total. The lowest BCUT2D eigenvalue weighted by Crippen LogP contribution is -2.49. The molecule has 1 fully saturated rings. The van der Waals surface area contributed by atoms with E-state index in [1.807, 2.05) is 24.0 Å². The number of aromatic nitrogens is 1. The van der Waals surface area contributed by atoms with Crippen LogP contribution in [0.1, 0.15) is 11.1 Å². The Morgan fingerprint density at radius 1 is 1.17 bits per heavy atom. The van der Waals surface area contributed by atoms with Crippen LogP contribution in [0.15, 0.2) is 36.4 Å². The number of halogens is 1. The summed E-state index contributed by atoms with van der Waals surface area (Å²) in [5.74, 6) is 0.0293. The number of non-ortho nitro benzene ring substituents is 1. The fourth-order valence-corrected chi connectivity index (χ4v) is 4.76. The molecule has 1 amide bonds. The molecule has 1 aromatic heterocycles. The predicted octanol–water partition coefficient (Wildman–Crippen LogP) is 4.06. The lowest BCUT2D eigenvalue weighted by molar-refractivity contribution is -0.384. The monoisotopic (exact) mass is 430 g/mol. The molecule has 0 aliphatic carbocycles. The van der Waals surface area contributed by atoms with Crippen LogP contribution in [-0.4, -0.2) is 46.9 Å². The van der Waals surface area contributed by atoms with E-state index in [4.69, 9.17) is 16.6 Å². The largest absolute Gasteiger partial charge is 0.345 e. The number of nitro benzene ring substituents is 1. The maximum atomic E-state index is 12.6. The normalized spacial score (nSPS) is 14.4. The van der Waals surface area contributed by atoms with E-state index in [9.17, 15) is 14.9 Å². The Kier molecular flexibility index (Phi) is 5.38. The van der Waals surface area contributed by atoms with E-state index in [2.05, 4.69) is 4.90 Å². The number of piperazine rings is 1. The van der Waals surface area contributed by atoms with Crippen LogP contribution in [0.3, 0.4) is 0 Å². The number of anilines is 1. The van der Waals surface area contributed by atoms with Crippen molar-refractivity contribution in [2.45, 2.75) is 13.3 Å². The molecule has 1 aliphatic rings. The van der Waals surface area contributed by atoms with E-state index < -0.39 is 4.92 Å². The number of hydrogen-bond donors (Lipinski definition) is 0. The average Bonchev–Trinajstić information content (AvgIpc) is 3.18. The van der Waals surface area contributed by atoms with Gasteiger partial charge in [-0.05, 0) is 24.1 Å². The minimum Gasteiger partial charge on any atom is -0.345 e. The van der Waals surface area contributed by atoms with Crippen LogP contribution in [0.2, 0.25) is 5.02 Å². The van der Waals surface area contributed by atoms with Crippen molar-refractivity contribution in [1.82, 2.24) is 9.88 Å². The zero-order valence-corrected chi connectivity index (χ0v) is 17.4. The number of benzene rings is 2. The van der Waals surface area contributed by atoms with E-state index in [1.165, 1.54) is 12.1 Å². The van der Waals surface area contributed by atoms with Gasteiger partial charge in [0.2, 0.25) is 5.91 Å². The van der Waals surface area contributed by atoms with Crippen LogP contribution in [0.4, 0.5) is 10.8 Å². The lowest BCUT2D eigenvalue weighted by Gasteiger charge is -2.34. The number of nitro groups is 1. The molecular weight excluding hydrogens is 412 g/mol. The molecule has 2 aromatic carbocycles. The minimum absolute atomic E-state index is 0.0287. The van der Waals surface area contributed by atoms with Gasteiger partial charge in [0, 0.05) is 38.3 Å². The smallest absolute Gasteiger partial charge is 0.269 e. The summed E-state index contributed by atoms with van der Waals surface area (Å²) in [5.41, 5.74) is 2.85. The van der Waals surface area contributed by atoms with Crippen LogP contribution in [0, 0.1) is 17.0 Å². The Bertz CT molecular complexity index is 1040. The van der Waals surface area contributed by atoms with Gasteiger partial charge in [0.1, 0.15) is 0 Å². The van der Waals surface area contributed by atoms with Gasteiger partial charge in [0.15, 0.2) is 5.13 Å². The molecule has 0 radical (unpaired) electrons. The molecule has 9 heteroatoms. The molecule has 0 bridgehead atoms.